The van der Waals surface area contributed by atoms with Gasteiger partial charge in [-0.2, -0.15) is 0 Å². The second-order valence-corrected chi connectivity index (χ2v) is 19.2. The zero-order chi connectivity index (χ0) is 22.3. The van der Waals surface area contributed by atoms with Gasteiger partial charge in [-0.1, -0.05) is 45.9 Å². The van der Waals surface area contributed by atoms with E-state index in [9.17, 15) is 4.79 Å². The molecule has 0 aliphatic heterocycles. The van der Waals surface area contributed by atoms with Gasteiger partial charge in [0.1, 0.15) is 0 Å². The van der Waals surface area contributed by atoms with Crippen molar-refractivity contribution >= 4 is 28.3 Å². The van der Waals surface area contributed by atoms with Crippen molar-refractivity contribution in [1.82, 2.24) is 0 Å². The zero-order valence-corrected chi connectivity index (χ0v) is 22.2. The SMILES string of the molecule is CCO[Si](C)(C)CCCN(CC(C)C(=O)O[Si](C)(C)C(C)(C)C)c1ccccc1. The fraction of sp³-hybridized carbons (Fsp3) is 0.696. The summed E-state index contributed by atoms with van der Waals surface area (Å²) in [5, 5.41) is 0.0248. The van der Waals surface area contributed by atoms with E-state index in [0.717, 1.165) is 31.3 Å². The van der Waals surface area contributed by atoms with E-state index in [1.54, 1.807) is 0 Å². The fourth-order valence-corrected chi connectivity index (χ4v) is 5.98. The van der Waals surface area contributed by atoms with Crippen molar-refractivity contribution in [2.75, 3.05) is 24.6 Å². The van der Waals surface area contributed by atoms with E-state index >= 15 is 0 Å². The molecule has 0 bridgehead atoms. The smallest absolute Gasteiger partial charge is 0.297 e. The Hall–Kier alpha value is -1.12. The molecule has 0 aliphatic carbocycles. The quantitative estimate of drug-likeness (QED) is 0.380. The molecule has 0 N–H and O–H groups in total. The molecule has 0 heterocycles. The zero-order valence-electron chi connectivity index (χ0n) is 20.2. The number of para-hydroxylation sites is 1. The molecule has 0 amide bonds. The molecule has 4 nitrogen and oxygen atoms in total. The topological polar surface area (TPSA) is 38.8 Å². The van der Waals surface area contributed by atoms with Crippen molar-refractivity contribution in [2.24, 2.45) is 5.92 Å². The number of anilines is 1. The van der Waals surface area contributed by atoms with Gasteiger partial charge >= 0.3 is 0 Å². The first-order chi connectivity index (χ1) is 13.3. The Balaban J connectivity index is 2.80. The molecule has 0 radical (unpaired) electrons. The molecule has 0 saturated heterocycles. The highest BCUT2D eigenvalue weighted by atomic mass is 28.4. The maximum Gasteiger partial charge on any atom is 0.297 e. The standard InChI is InChI=1S/C23H43NO3Si2/c1-10-26-28(6,7)18-14-17-24(21-15-12-11-13-16-21)19-20(2)22(25)27-29(8,9)23(3,4)5/h11-13,15-16,20H,10,14,17-19H2,1-9H3. The Bertz CT molecular complexity index is 627. The van der Waals surface area contributed by atoms with Gasteiger partial charge in [0.2, 0.25) is 0 Å². The molecular formula is C23H43NO3Si2. The summed E-state index contributed by atoms with van der Waals surface area (Å²) in [6, 6.07) is 11.5. The van der Waals surface area contributed by atoms with Gasteiger partial charge in [-0.25, -0.2) is 0 Å². The van der Waals surface area contributed by atoms with Gasteiger partial charge in [0.15, 0.2) is 8.32 Å². The van der Waals surface area contributed by atoms with Gasteiger partial charge in [0.25, 0.3) is 14.3 Å². The van der Waals surface area contributed by atoms with E-state index in [-0.39, 0.29) is 16.9 Å². The Labute approximate surface area is 181 Å². The van der Waals surface area contributed by atoms with E-state index in [1.165, 1.54) is 0 Å². The summed E-state index contributed by atoms with van der Waals surface area (Å²) < 4.78 is 12.0. The molecule has 29 heavy (non-hydrogen) atoms. The van der Waals surface area contributed by atoms with Crippen LogP contribution in [-0.4, -0.2) is 42.3 Å². The van der Waals surface area contributed by atoms with Crippen LogP contribution < -0.4 is 4.90 Å². The number of benzene rings is 1. The first-order valence-corrected chi connectivity index (χ1v) is 17.0. The van der Waals surface area contributed by atoms with Gasteiger partial charge in [-0.3, -0.25) is 4.79 Å². The average Bonchev–Trinajstić information content (AvgIpc) is 2.60. The minimum absolute atomic E-state index is 0.0248. The van der Waals surface area contributed by atoms with Crippen LogP contribution in [0.15, 0.2) is 30.3 Å². The van der Waals surface area contributed by atoms with Crippen LogP contribution in [0.3, 0.4) is 0 Å². The highest BCUT2D eigenvalue weighted by molar-refractivity contribution is 6.75. The molecule has 1 unspecified atom stereocenters. The van der Waals surface area contributed by atoms with Crippen LogP contribution in [0.4, 0.5) is 5.69 Å². The molecule has 0 saturated carbocycles. The maximum absolute atomic E-state index is 12.9. The fourth-order valence-electron chi connectivity index (χ4n) is 3.03. The van der Waals surface area contributed by atoms with Crippen LogP contribution in [-0.2, 0) is 13.6 Å². The van der Waals surface area contributed by atoms with E-state index in [4.69, 9.17) is 8.85 Å². The molecule has 0 spiro atoms. The second-order valence-electron chi connectivity index (χ2n) is 10.2. The Kier molecular flexibility index (Phi) is 9.63. The predicted octanol–water partition coefficient (Wildman–Crippen LogP) is 6.31. The van der Waals surface area contributed by atoms with Crippen LogP contribution >= 0.6 is 0 Å². The first-order valence-electron chi connectivity index (χ1n) is 11.0. The molecule has 166 valence electrons. The third kappa shape index (κ3) is 8.64. The normalized spacial score (nSPS) is 13.8. The third-order valence-electron chi connectivity index (χ3n) is 5.92. The highest BCUT2D eigenvalue weighted by Crippen LogP contribution is 2.37. The number of carbonyl (C=O) groups is 1. The maximum atomic E-state index is 12.9. The largest absolute Gasteiger partial charge is 0.519 e. The van der Waals surface area contributed by atoms with Crippen LogP contribution in [0.25, 0.3) is 0 Å². The number of hydrogen-bond donors (Lipinski definition) is 0. The number of hydrogen-bond acceptors (Lipinski definition) is 4. The van der Waals surface area contributed by atoms with Crippen molar-refractivity contribution in [1.29, 1.82) is 0 Å². The second kappa shape index (κ2) is 10.8. The van der Waals surface area contributed by atoms with Crippen molar-refractivity contribution in [3.63, 3.8) is 0 Å². The summed E-state index contributed by atoms with van der Waals surface area (Å²) in [6.07, 6.45) is 1.07. The average molecular weight is 438 g/mol. The summed E-state index contributed by atoms with van der Waals surface area (Å²) in [5.74, 6) is -0.233. The monoisotopic (exact) mass is 437 g/mol. The minimum Gasteiger partial charge on any atom is -0.519 e. The lowest BCUT2D eigenvalue weighted by Crippen LogP contribution is -2.45. The van der Waals surface area contributed by atoms with Gasteiger partial charge < -0.3 is 13.8 Å². The molecule has 1 rings (SSSR count). The van der Waals surface area contributed by atoms with E-state index < -0.39 is 16.6 Å². The van der Waals surface area contributed by atoms with E-state index in [1.807, 2.05) is 13.0 Å². The lowest BCUT2D eigenvalue weighted by Gasteiger charge is -2.37. The Morgan fingerprint density at radius 2 is 1.69 bits per heavy atom. The molecule has 1 aromatic carbocycles. The number of nitrogens with zero attached hydrogens (tertiary/aromatic N) is 1. The van der Waals surface area contributed by atoms with E-state index in [2.05, 4.69) is 83.0 Å². The van der Waals surface area contributed by atoms with Gasteiger partial charge in [0, 0.05) is 25.4 Å². The minimum atomic E-state index is -2.10. The molecule has 0 fully saturated rings. The number of carbonyl (C=O) groups excluding carboxylic acids is 1. The summed E-state index contributed by atoms with van der Waals surface area (Å²) in [6.45, 7) is 21.8. The predicted molar refractivity (Wildman–Crippen MR) is 130 cm³/mol. The first kappa shape index (κ1) is 25.9. The van der Waals surface area contributed by atoms with Crippen molar-refractivity contribution < 1.29 is 13.6 Å². The van der Waals surface area contributed by atoms with Crippen LogP contribution in [0.2, 0.25) is 37.3 Å². The van der Waals surface area contributed by atoms with Gasteiger partial charge in [-0.15, -0.1) is 0 Å². The number of rotatable bonds is 11. The van der Waals surface area contributed by atoms with Crippen LogP contribution in [0.5, 0.6) is 0 Å². The molecule has 0 aliphatic rings. The molecule has 1 aromatic rings. The lowest BCUT2D eigenvalue weighted by molar-refractivity contribution is -0.139. The van der Waals surface area contributed by atoms with Crippen LogP contribution in [0.1, 0.15) is 41.0 Å². The van der Waals surface area contributed by atoms with Crippen molar-refractivity contribution in [2.45, 2.75) is 78.3 Å². The van der Waals surface area contributed by atoms with Crippen molar-refractivity contribution in [3.05, 3.63) is 30.3 Å². The van der Waals surface area contributed by atoms with Crippen LogP contribution in [0, 0.1) is 5.92 Å². The summed E-state index contributed by atoms with van der Waals surface area (Å²) in [5.41, 5.74) is 1.16. The highest BCUT2D eigenvalue weighted by Gasteiger charge is 2.41. The molecule has 1 atom stereocenters. The summed E-state index contributed by atoms with van der Waals surface area (Å²) >= 11 is 0. The van der Waals surface area contributed by atoms with Crippen molar-refractivity contribution in [3.8, 4) is 0 Å². The Morgan fingerprint density at radius 1 is 1.10 bits per heavy atom. The molecule has 0 aromatic heterocycles. The summed E-state index contributed by atoms with van der Waals surface area (Å²) in [7, 11) is -3.70. The molecule has 6 heteroatoms. The van der Waals surface area contributed by atoms with E-state index in [0.29, 0.717) is 6.54 Å². The summed E-state index contributed by atoms with van der Waals surface area (Å²) in [4.78, 5) is 15.2. The van der Waals surface area contributed by atoms with Gasteiger partial charge in [-0.05, 0) is 62.7 Å². The lowest BCUT2D eigenvalue weighted by atomic mass is 10.1. The molecular weight excluding hydrogens is 394 g/mol. The van der Waals surface area contributed by atoms with Gasteiger partial charge in [0.05, 0.1) is 5.92 Å². The third-order valence-corrected chi connectivity index (χ3v) is 12.9. The Morgan fingerprint density at radius 3 is 2.21 bits per heavy atom.